The molecule has 1 aliphatic rings. The Balaban J connectivity index is 1.98. The highest BCUT2D eigenvalue weighted by molar-refractivity contribution is 4.90. The van der Waals surface area contributed by atoms with Gasteiger partial charge in [-0.25, -0.2) is 0 Å². The highest BCUT2D eigenvalue weighted by Gasteiger charge is 2.28. The van der Waals surface area contributed by atoms with E-state index >= 15 is 0 Å². The van der Waals surface area contributed by atoms with Gasteiger partial charge in [0.05, 0.1) is 7.05 Å². The van der Waals surface area contributed by atoms with Crippen molar-refractivity contribution < 1.29 is 0 Å². The number of nitrogens with one attached hydrogen (secondary N) is 1. The zero-order valence-electron chi connectivity index (χ0n) is 13.2. The lowest BCUT2D eigenvalue weighted by molar-refractivity contribution is 0.206. The average Bonchev–Trinajstić information content (AvgIpc) is 2.88. The molecule has 20 heavy (non-hydrogen) atoms. The van der Waals surface area contributed by atoms with Crippen LogP contribution in [0.2, 0.25) is 0 Å². The second kappa shape index (κ2) is 7.72. The summed E-state index contributed by atoms with van der Waals surface area (Å²) in [4.78, 5) is 1.56. The molecule has 3 atom stereocenters. The maximum absolute atomic E-state index is 4.35. The molecule has 0 amide bonds. The lowest BCUT2D eigenvalue weighted by Gasteiger charge is -2.34. The van der Waals surface area contributed by atoms with E-state index in [9.17, 15) is 0 Å². The summed E-state index contributed by atoms with van der Waals surface area (Å²) < 4.78 is 0. The van der Waals surface area contributed by atoms with Gasteiger partial charge in [-0.2, -0.15) is 4.80 Å². The van der Waals surface area contributed by atoms with Gasteiger partial charge in [0.15, 0.2) is 5.82 Å². The fourth-order valence-corrected chi connectivity index (χ4v) is 3.41. The van der Waals surface area contributed by atoms with Crippen LogP contribution >= 0.6 is 0 Å². The van der Waals surface area contributed by atoms with Crippen LogP contribution in [0.4, 0.5) is 0 Å². The number of hydrogen-bond acceptors (Lipinski definition) is 4. The molecule has 5 heteroatoms. The van der Waals surface area contributed by atoms with Crippen molar-refractivity contribution in [1.29, 1.82) is 0 Å². The Kier molecular flexibility index (Phi) is 5.95. The van der Waals surface area contributed by atoms with Gasteiger partial charge in [0.2, 0.25) is 0 Å². The molecule has 1 aromatic rings. The maximum Gasteiger partial charge on any atom is 0.176 e. The molecule has 1 heterocycles. The first-order chi connectivity index (χ1) is 9.72. The summed E-state index contributed by atoms with van der Waals surface area (Å²) in [6.45, 7) is 5.63. The van der Waals surface area contributed by atoms with Gasteiger partial charge in [0, 0.05) is 12.5 Å². The van der Waals surface area contributed by atoms with E-state index in [0.29, 0.717) is 6.04 Å². The smallest absolute Gasteiger partial charge is 0.176 e. The third-order valence-electron chi connectivity index (χ3n) is 4.58. The van der Waals surface area contributed by atoms with E-state index in [1.54, 1.807) is 4.80 Å². The van der Waals surface area contributed by atoms with Crippen LogP contribution in [0.1, 0.15) is 58.2 Å². The van der Waals surface area contributed by atoms with Gasteiger partial charge < -0.3 is 5.32 Å². The van der Waals surface area contributed by atoms with Crippen LogP contribution in [0, 0.1) is 11.8 Å². The predicted molar refractivity (Wildman–Crippen MR) is 80.3 cm³/mol. The molecule has 0 bridgehead atoms. The molecule has 0 aromatic carbocycles. The fourth-order valence-electron chi connectivity index (χ4n) is 3.41. The minimum absolute atomic E-state index is 0.508. The number of aromatic nitrogens is 4. The van der Waals surface area contributed by atoms with Crippen LogP contribution in [-0.2, 0) is 13.5 Å². The van der Waals surface area contributed by atoms with Gasteiger partial charge in [-0.05, 0) is 42.9 Å². The summed E-state index contributed by atoms with van der Waals surface area (Å²) in [6, 6.07) is 0.508. The van der Waals surface area contributed by atoms with Crippen LogP contribution in [0.15, 0.2) is 0 Å². The molecule has 114 valence electrons. The number of aryl methyl sites for hydroxylation is 1. The van der Waals surface area contributed by atoms with E-state index in [0.717, 1.165) is 30.6 Å². The quantitative estimate of drug-likeness (QED) is 0.832. The number of tetrazole rings is 1. The van der Waals surface area contributed by atoms with E-state index < -0.39 is 0 Å². The summed E-state index contributed by atoms with van der Waals surface area (Å²) in [7, 11) is 1.83. The van der Waals surface area contributed by atoms with Crippen molar-refractivity contribution >= 4 is 0 Å². The molecular formula is C15H29N5. The Morgan fingerprint density at radius 2 is 2.20 bits per heavy atom. The Hall–Kier alpha value is -0.970. The highest BCUT2D eigenvalue weighted by atomic mass is 15.6. The van der Waals surface area contributed by atoms with E-state index in [1.807, 2.05) is 7.05 Å². The second-order valence-electron chi connectivity index (χ2n) is 6.16. The minimum atomic E-state index is 0.508. The number of rotatable bonds is 7. The molecular weight excluding hydrogens is 250 g/mol. The van der Waals surface area contributed by atoms with Crippen LogP contribution in [0.5, 0.6) is 0 Å². The van der Waals surface area contributed by atoms with E-state index in [1.165, 1.54) is 38.5 Å². The molecule has 0 aliphatic heterocycles. The SMILES string of the molecule is CCCNC(Cc1nnn(C)n1)C1CCCC(CC)C1. The topological polar surface area (TPSA) is 55.6 Å². The van der Waals surface area contributed by atoms with Crippen LogP contribution in [0.3, 0.4) is 0 Å². The predicted octanol–water partition coefficient (Wildman–Crippen LogP) is 2.34. The average molecular weight is 279 g/mol. The lowest BCUT2D eigenvalue weighted by atomic mass is 9.76. The molecule has 3 unspecified atom stereocenters. The summed E-state index contributed by atoms with van der Waals surface area (Å²) in [5, 5.41) is 16.2. The third-order valence-corrected chi connectivity index (χ3v) is 4.58. The second-order valence-corrected chi connectivity index (χ2v) is 6.16. The molecule has 1 saturated carbocycles. The number of nitrogens with zero attached hydrogens (tertiary/aromatic N) is 4. The maximum atomic E-state index is 4.35. The largest absolute Gasteiger partial charge is 0.313 e. The Labute approximate surface area is 122 Å². The van der Waals surface area contributed by atoms with Crippen LogP contribution < -0.4 is 5.32 Å². The van der Waals surface area contributed by atoms with Crippen LogP contribution in [0.25, 0.3) is 0 Å². The molecule has 0 spiro atoms. The third kappa shape index (κ3) is 4.27. The summed E-state index contributed by atoms with van der Waals surface area (Å²) in [6.07, 6.45) is 8.90. The molecule has 1 N–H and O–H groups in total. The van der Waals surface area contributed by atoms with Gasteiger partial charge in [-0.15, -0.1) is 10.2 Å². The molecule has 2 rings (SSSR count). The molecule has 0 saturated heterocycles. The molecule has 1 aliphatic carbocycles. The van der Waals surface area contributed by atoms with Crippen molar-refractivity contribution in [1.82, 2.24) is 25.5 Å². The summed E-state index contributed by atoms with van der Waals surface area (Å²) >= 11 is 0. The van der Waals surface area contributed by atoms with Crippen molar-refractivity contribution in [3.05, 3.63) is 5.82 Å². The zero-order chi connectivity index (χ0) is 14.4. The fraction of sp³-hybridized carbons (Fsp3) is 0.933. The van der Waals surface area contributed by atoms with E-state index in [-0.39, 0.29) is 0 Å². The molecule has 0 radical (unpaired) electrons. The standard InChI is InChI=1S/C15H29N5/c1-4-9-16-14(11-15-17-19-20(3)18-15)13-8-6-7-12(5-2)10-13/h12-14,16H,4-11H2,1-3H3. The number of hydrogen-bond donors (Lipinski definition) is 1. The summed E-state index contributed by atoms with van der Waals surface area (Å²) in [5.41, 5.74) is 0. The molecule has 1 aromatic heterocycles. The molecule has 5 nitrogen and oxygen atoms in total. The van der Waals surface area contributed by atoms with Gasteiger partial charge in [-0.3, -0.25) is 0 Å². The van der Waals surface area contributed by atoms with Crippen molar-refractivity contribution in [3.8, 4) is 0 Å². The minimum Gasteiger partial charge on any atom is -0.313 e. The van der Waals surface area contributed by atoms with Gasteiger partial charge >= 0.3 is 0 Å². The zero-order valence-corrected chi connectivity index (χ0v) is 13.2. The van der Waals surface area contributed by atoms with Gasteiger partial charge in [0.25, 0.3) is 0 Å². The Morgan fingerprint density at radius 1 is 1.35 bits per heavy atom. The summed E-state index contributed by atoms with van der Waals surface area (Å²) in [5.74, 6) is 2.55. The normalized spacial score (nSPS) is 24.8. The van der Waals surface area contributed by atoms with Crippen molar-refractivity contribution in [2.24, 2.45) is 18.9 Å². The van der Waals surface area contributed by atoms with E-state index in [2.05, 4.69) is 34.6 Å². The lowest BCUT2D eigenvalue weighted by Crippen LogP contribution is -2.41. The first-order valence-corrected chi connectivity index (χ1v) is 8.19. The Bertz CT molecular complexity index is 389. The van der Waals surface area contributed by atoms with E-state index in [4.69, 9.17) is 0 Å². The van der Waals surface area contributed by atoms with Gasteiger partial charge in [-0.1, -0.05) is 33.1 Å². The van der Waals surface area contributed by atoms with Crippen LogP contribution in [-0.4, -0.2) is 32.8 Å². The first-order valence-electron chi connectivity index (χ1n) is 8.19. The first kappa shape index (κ1) is 15.4. The Morgan fingerprint density at radius 3 is 2.85 bits per heavy atom. The van der Waals surface area contributed by atoms with Crippen molar-refractivity contribution in [3.63, 3.8) is 0 Å². The monoisotopic (exact) mass is 279 g/mol. The van der Waals surface area contributed by atoms with Crippen molar-refractivity contribution in [2.75, 3.05) is 6.54 Å². The van der Waals surface area contributed by atoms with Gasteiger partial charge in [0.1, 0.15) is 0 Å². The highest BCUT2D eigenvalue weighted by Crippen LogP contribution is 2.33. The van der Waals surface area contributed by atoms with Crippen molar-refractivity contribution in [2.45, 2.75) is 64.8 Å². The molecule has 1 fully saturated rings.